The first-order chi connectivity index (χ1) is 18.2. The van der Waals surface area contributed by atoms with Gasteiger partial charge in [-0.1, -0.05) is 12.8 Å². The number of amides is 1. The van der Waals surface area contributed by atoms with Gasteiger partial charge in [-0.05, 0) is 63.9 Å². The second kappa shape index (κ2) is 10.3. The number of carbonyl (C=O) groups is 1. The molecule has 5 rings (SSSR count). The van der Waals surface area contributed by atoms with E-state index >= 15 is 0 Å². The summed E-state index contributed by atoms with van der Waals surface area (Å²) < 4.78 is 7.17. The van der Waals surface area contributed by atoms with E-state index in [1.807, 2.05) is 51.1 Å². The third kappa shape index (κ3) is 5.42. The van der Waals surface area contributed by atoms with E-state index in [0.717, 1.165) is 50.1 Å². The van der Waals surface area contributed by atoms with Gasteiger partial charge in [-0.25, -0.2) is 9.78 Å². The van der Waals surface area contributed by atoms with Gasteiger partial charge in [0.05, 0.1) is 0 Å². The Kier molecular flexibility index (Phi) is 6.93. The van der Waals surface area contributed by atoms with Gasteiger partial charge in [0.2, 0.25) is 5.95 Å². The van der Waals surface area contributed by atoms with Gasteiger partial charge < -0.3 is 19.9 Å². The molecule has 10 nitrogen and oxygen atoms in total. The zero-order valence-electron chi connectivity index (χ0n) is 22.1. The van der Waals surface area contributed by atoms with Gasteiger partial charge in [-0.2, -0.15) is 10.2 Å². The summed E-state index contributed by atoms with van der Waals surface area (Å²) in [5.74, 6) is 0.395. The molecule has 0 radical (unpaired) electrons. The topological polar surface area (TPSA) is 116 Å². The van der Waals surface area contributed by atoms with Crippen LogP contribution < -0.4 is 15.8 Å². The number of fused-ring (bicyclic) bond motifs is 1. The number of pyridine rings is 1. The number of benzene rings is 1. The van der Waals surface area contributed by atoms with E-state index < -0.39 is 5.60 Å². The summed E-state index contributed by atoms with van der Waals surface area (Å²) in [6.07, 6.45) is 5.33. The Morgan fingerprint density at radius 3 is 2.42 bits per heavy atom. The van der Waals surface area contributed by atoms with E-state index in [2.05, 4.69) is 20.2 Å². The maximum Gasteiger partial charge on any atom is 0.410 e. The summed E-state index contributed by atoms with van der Waals surface area (Å²) >= 11 is 0. The lowest BCUT2D eigenvalue weighted by atomic mass is 10.2. The molecule has 1 saturated heterocycles. The van der Waals surface area contributed by atoms with Gasteiger partial charge in [0.25, 0.3) is 5.56 Å². The van der Waals surface area contributed by atoms with Gasteiger partial charge in [-0.15, -0.1) is 0 Å². The predicted octanol–water partition coefficient (Wildman–Crippen LogP) is 4.58. The maximum atomic E-state index is 13.0. The summed E-state index contributed by atoms with van der Waals surface area (Å²) in [7, 11) is 0. The van der Waals surface area contributed by atoms with Crippen molar-refractivity contribution >= 4 is 34.4 Å². The number of nitriles is 1. The van der Waals surface area contributed by atoms with Gasteiger partial charge in [0, 0.05) is 55.2 Å². The Bertz CT molecular complexity index is 1420. The average Bonchev–Trinajstić information content (AvgIpc) is 3.42. The number of carbonyl (C=O) groups excluding carboxylic acids is 1. The molecule has 198 valence electrons. The molecule has 1 amide bonds. The Hall–Kier alpha value is -4.13. The molecule has 38 heavy (non-hydrogen) atoms. The smallest absolute Gasteiger partial charge is 0.410 e. The number of anilines is 3. The summed E-state index contributed by atoms with van der Waals surface area (Å²) in [4.78, 5) is 38.4. The van der Waals surface area contributed by atoms with Crippen molar-refractivity contribution < 1.29 is 9.53 Å². The quantitative estimate of drug-likeness (QED) is 0.537. The van der Waals surface area contributed by atoms with Gasteiger partial charge >= 0.3 is 6.09 Å². The molecule has 1 saturated carbocycles. The maximum absolute atomic E-state index is 13.0. The third-order valence-corrected chi connectivity index (χ3v) is 7.00. The molecule has 3 aromatic rings. The molecule has 0 spiro atoms. The number of hydrogen-bond acceptors (Lipinski definition) is 8. The summed E-state index contributed by atoms with van der Waals surface area (Å²) in [5.41, 5.74) is 1.78. The highest BCUT2D eigenvalue weighted by atomic mass is 16.6. The molecule has 1 aliphatic heterocycles. The third-order valence-electron chi connectivity index (χ3n) is 7.00. The molecule has 1 aromatic carbocycles. The van der Waals surface area contributed by atoms with Crippen LogP contribution in [0, 0.1) is 11.3 Å². The molecule has 0 bridgehead atoms. The number of nitrogens with zero attached hydrogens (tertiary/aromatic N) is 6. The zero-order valence-corrected chi connectivity index (χ0v) is 22.1. The lowest BCUT2D eigenvalue weighted by molar-refractivity contribution is 0.0240. The van der Waals surface area contributed by atoms with E-state index in [0.29, 0.717) is 30.1 Å². The minimum absolute atomic E-state index is 0.0520. The van der Waals surface area contributed by atoms with Crippen LogP contribution in [-0.4, -0.2) is 57.3 Å². The van der Waals surface area contributed by atoms with Crippen molar-refractivity contribution in [2.45, 2.75) is 58.1 Å². The Labute approximate surface area is 221 Å². The van der Waals surface area contributed by atoms with Crippen molar-refractivity contribution in [2.24, 2.45) is 0 Å². The van der Waals surface area contributed by atoms with Crippen LogP contribution in [0.4, 0.5) is 22.1 Å². The molecule has 0 unspecified atom stereocenters. The highest BCUT2D eigenvalue weighted by Gasteiger charge is 2.26. The van der Waals surface area contributed by atoms with Crippen LogP contribution in [0.15, 0.2) is 41.3 Å². The molecule has 2 fully saturated rings. The lowest BCUT2D eigenvalue weighted by Crippen LogP contribution is -2.50. The SMILES string of the molecule is CC(C)(C)OC(=O)N1CCN(c2ccc(Nc3ncc4cc(C#N)c(=O)n(C5CCCC5)c4n3)cc2)CC1. The van der Waals surface area contributed by atoms with Crippen molar-refractivity contribution in [3.8, 4) is 6.07 Å². The molecule has 2 aliphatic rings. The van der Waals surface area contributed by atoms with Gasteiger partial charge in [0.1, 0.15) is 22.9 Å². The number of aromatic nitrogens is 3. The fraction of sp³-hybridized carbons (Fsp3) is 0.464. The Morgan fingerprint density at radius 2 is 1.79 bits per heavy atom. The highest BCUT2D eigenvalue weighted by molar-refractivity contribution is 5.77. The predicted molar refractivity (Wildman–Crippen MR) is 146 cm³/mol. The zero-order chi connectivity index (χ0) is 26.9. The molecule has 1 aliphatic carbocycles. The largest absolute Gasteiger partial charge is 0.444 e. The number of ether oxygens (including phenoxy) is 1. The van der Waals surface area contributed by atoms with E-state index in [9.17, 15) is 14.9 Å². The first-order valence-electron chi connectivity index (χ1n) is 13.1. The van der Waals surface area contributed by atoms with Gasteiger partial charge in [-0.3, -0.25) is 9.36 Å². The molecule has 2 aromatic heterocycles. The monoisotopic (exact) mass is 515 g/mol. The highest BCUT2D eigenvalue weighted by Crippen LogP contribution is 2.31. The van der Waals surface area contributed by atoms with Crippen LogP contribution in [0.2, 0.25) is 0 Å². The van der Waals surface area contributed by atoms with Crippen molar-refractivity contribution in [3.63, 3.8) is 0 Å². The van der Waals surface area contributed by atoms with Crippen LogP contribution in [0.25, 0.3) is 11.0 Å². The van der Waals surface area contributed by atoms with Crippen molar-refractivity contribution in [1.29, 1.82) is 5.26 Å². The fourth-order valence-corrected chi connectivity index (χ4v) is 5.12. The Balaban J connectivity index is 1.29. The first kappa shape index (κ1) is 25.5. The van der Waals surface area contributed by atoms with Crippen LogP contribution in [0.3, 0.4) is 0 Å². The Morgan fingerprint density at radius 1 is 1.11 bits per heavy atom. The van der Waals surface area contributed by atoms with Crippen LogP contribution >= 0.6 is 0 Å². The first-order valence-corrected chi connectivity index (χ1v) is 13.1. The number of nitrogens with one attached hydrogen (secondary N) is 1. The molecule has 3 heterocycles. The molecular formula is C28H33N7O3. The summed E-state index contributed by atoms with van der Waals surface area (Å²) in [6.45, 7) is 8.29. The van der Waals surface area contributed by atoms with Crippen molar-refractivity contribution in [3.05, 3.63) is 52.4 Å². The number of hydrogen-bond donors (Lipinski definition) is 1. The average molecular weight is 516 g/mol. The van der Waals surface area contributed by atoms with E-state index in [-0.39, 0.29) is 23.3 Å². The molecule has 10 heteroatoms. The van der Waals surface area contributed by atoms with Crippen LogP contribution in [0.1, 0.15) is 58.1 Å². The van der Waals surface area contributed by atoms with Crippen LogP contribution in [0.5, 0.6) is 0 Å². The standard InChI is InChI=1S/C28H33N7O3/c1-28(2,3)38-27(37)34-14-12-33(13-15-34)22-10-8-21(9-11-22)31-26-30-18-20-16-19(17-29)25(36)35(24(20)32-26)23-6-4-5-7-23/h8-11,16,18,23H,4-7,12-15H2,1-3H3,(H,30,31,32). The minimum atomic E-state index is -0.501. The van der Waals surface area contributed by atoms with Crippen molar-refractivity contribution in [2.75, 3.05) is 36.4 Å². The second-order valence-corrected chi connectivity index (χ2v) is 10.9. The molecular weight excluding hydrogens is 482 g/mol. The van der Waals surface area contributed by atoms with Gasteiger partial charge in [0.15, 0.2) is 0 Å². The van der Waals surface area contributed by atoms with Crippen molar-refractivity contribution in [1.82, 2.24) is 19.4 Å². The number of piperazine rings is 1. The number of rotatable bonds is 4. The van der Waals surface area contributed by atoms with Crippen LogP contribution in [-0.2, 0) is 4.74 Å². The summed E-state index contributed by atoms with van der Waals surface area (Å²) in [5, 5.41) is 13.4. The van der Waals surface area contributed by atoms with E-state index in [1.54, 1.807) is 21.7 Å². The second-order valence-electron chi connectivity index (χ2n) is 10.9. The summed E-state index contributed by atoms with van der Waals surface area (Å²) in [6, 6.07) is 11.6. The normalized spacial score (nSPS) is 16.5. The fourth-order valence-electron chi connectivity index (χ4n) is 5.12. The molecule has 0 atom stereocenters. The minimum Gasteiger partial charge on any atom is -0.444 e. The lowest BCUT2D eigenvalue weighted by Gasteiger charge is -2.36. The van der Waals surface area contributed by atoms with E-state index in [1.165, 1.54) is 0 Å². The molecule has 1 N–H and O–H groups in total. The van der Waals surface area contributed by atoms with E-state index in [4.69, 9.17) is 4.74 Å².